The lowest BCUT2D eigenvalue weighted by Crippen LogP contribution is -2.29. The van der Waals surface area contributed by atoms with Crippen molar-refractivity contribution >= 4 is 0 Å². The van der Waals surface area contributed by atoms with Crippen LogP contribution < -0.4 is 0 Å². The minimum absolute atomic E-state index is 0.0296. The zero-order valence-corrected chi connectivity index (χ0v) is 5.74. The molecule has 0 radical (unpaired) electrons. The third kappa shape index (κ3) is 5.72. The summed E-state index contributed by atoms with van der Waals surface area (Å²) in [6.45, 7) is 0.471. The van der Waals surface area contributed by atoms with Crippen LogP contribution in [0.4, 0.5) is 0 Å². The van der Waals surface area contributed by atoms with Gasteiger partial charge in [-0.05, 0) is 14.1 Å². The molecule has 0 spiro atoms. The number of aliphatic hydroxyl groups excluding tert-OH is 1. The molecule has 0 rings (SSSR count). The van der Waals surface area contributed by atoms with E-state index in [1.54, 1.807) is 0 Å². The molecule has 1 unspecified atom stereocenters. The van der Waals surface area contributed by atoms with Gasteiger partial charge in [-0.15, -0.1) is 0 Å². The Balaban J connectivity index is 3.15. The van der Waals surface area contributed by atoms with E-state index in [4.69, 9.17) is 10.4 Å². The number of aliphatic hydroxyl groups is 1. The average Bonchev–Trinajstić information content (AvgIpc) is 1.63. The highest BCUT2D eigenvalue weighted by Crippen LogP contribution is 1.85. The lowest BCUT2D eigenvalue weighted by molar-refractivity contribution is -0.257. The van der Waals surface area contributed by atoms with Gasteiger partial charge in [-0.1, -0.05) is 0 Å². The van der Waals surface area contributed by atoms with E-state index in [0.717, 1.165) is 0 Å². The zero-order chi connectivity index (χ0) is 7.28. The van der Waals surface area contributed by atoms with E-state index >= 15 is 0 Å². The largest absolute Gasteiger partial charge is 0.389 e. The molecule has 0 fully saturated rings. The fourth-order valence-corrected chi connectivity index (χ4v) is 0.560. The number of hydrogen-bond acceptors (Lipinski definition) is 4. The molecule has 0 saturated heterocycles. The molecule has 0 heterocycles. The highest BCUT2D eigenvalue weighted by atomic mass is 17.1. The summed E-state index contributed by atoms with van der Waals surface area (Å²) >= 11 is 0. The molecular weight excluding hydrogens is 122 g/mol. The van der Waals surface area contributed by atoms with E-state index in [0.29, 0.717) is 6.54 Å². The minimum Gasteiger partial charge on any atom is -0.389 e. The van der Waals surface area contributed by atoms with E-state index in [2.05, 4.69) is 4.89 Å². The first-order valence-corrected chi connectivity index (χ1v) is 2.76. The maximum atomic E-state index is 8.89. The van der Waals surface area contributed by atoms with Gasteiger partial charge in [0.15, 0.2) is 0 Å². The predicted octanol–water partition coefficient (Wildman–Crippen LogP) is -0.601. The van der Waals surface area contributed by atoms with Crippen molar-refractivity contribution in [1.29, 1.82) is 0 Å². The first kappa shape index (κ1) is 8.84. The molecule has 0 aromatic heterocycles. The standard InChI is InChI=1S/C5H13NO3/c1-6(2)3-5(7)4-9-8/h5,7-8H,3-4H2,1-2H3. The van der Waals surface area contributed by atoms with Crippen molar-refractivity contribution in [3.63, 3.8) is 0 Å². The van der Waals surface area contributed by atoms with Gasteiger partial charge in [-0.3, -0.25) is 5.26 Å². The van der Waals surface area contributed by atoms with Gasteiger partial charge in [0.25, 0.3) is 0 Å². The van der Waals surface area contributed by atoms with Crippen LogP contribution in [0.25, 0.3) is 0 Å². The van der Waals surface area contributed by atoms with E-state index < -0.39 is 6.10 Å². The third-order valence-corrected chi connectivity index (χ3v) is 0.843. The van der Waals surface area contributed by atoms with Crippen LogP contribution in [-0.2, 0) is 4.89 Å². The average molecular weight is 135 g/mol. The van der Waals surface area contributed by atoms with Gasteiger partial charge < -0.3 is 10.0 Å². The van der Waals surface area contributed by atoms with Crippen LogP contribution in [0.1, 0.15) is 0 Å². The Labute approximate surface area is 54.6 Å². The Morgan fingerprint density at radius 2 is 2.11 bits per heavy atom. The minimum atomic E-state index is -0.606. The molecular formula is C5H13NO3. The lowest BCUT2D eigenvalue weighted by atomic mass is 10.4. The highest BCUT2D eigenvalue weighted by molar-refractivity contribution is 4.55. The molecule has 0 saturated carbocycles. The van der Waals surface area contributed by atoms with Crippen LogP contribution in [0.2, 0.25) is 0 Å². The Hall–Kier alpha value is -0.160. The van der Waals surface area contributed by atoms with Gasteiger partial charge in [0.05, 0.1) is 6.10 Å². The van der Waals surface area contributed by atoms with Gasteiger partial charge in [0.1, 0.15) is 6.61 Å². The molecule has 0 aromatic rings. The van der Waals surface area contributed by atoms with Crippen LogP contribution >= 0.6 is 0 Å². The summed E-state index contributed by atoms with van der Waals surface area (Å²) in [7, 11) is 3.67. The fourth-order valence-electron chi connectivity index (χ4n) is 0.560. The maximum Gasteiger partial charge on any atom is 0.109 e. The van der Waals surface area contributed by atoms with Gasteiger partial charge in [-0.25, -0.2) is 4.89 Å². The number of nitrogens with zero attached hydrogens (tertiary/aromatic N) is 1. The van der Waals surface area contributed by atoms with Crippen molar-refractivity contribution in [2.75, 3.05) is 27.2 Å². The summed E-state index contributed by atoms with van der Waals surface area (Å²) in [6.07, 6.45) is -0.606. The van der Waals surface area contributed by atoms with Crippen LogP contribution in [0, 0.1) is 0 Å². The highest BCUT2D eigenvalue weighted by Gasteiger charge is 2.03. The van der Waals surface area contributed by atoms with Crippen LogP contribution in [0.3, 0.4) is 0 Å². The number of rotatable bonds is 4. The van der Waals surface area contributed by atoms with Crippen molar-refractivity contribution in [3.8, 4) is 0 Å². The second-order valence-electron chi connectivity index (χ2n) is 2.21. The molecule has 0 aliphatic rings. The Morgan fingerprint density at radius 3 is 2.44 bits per heavy atom. The third-order valence-electron chi connectivity index (χ3n) is 0.843. The van der Waals surface area contributed by atoms with Gasteiger partial charge in [-0.2, -0.15) is 0 Å². The Bertz CT molecular complexity index is 67.2. The maximum absolute atomic E-state index is 8.89. The first-order valence-electron chi connectivity index (χ1n) is 2.76. The summed E-state index contributed by atoms with van der Waals surface area (Å²) in [6, 6.07) is 0. The van der Waals surface area contributed by atoms with E-state index in [-0.39, 0.29) is 6.61 Å². The quantitative estimate of drug-likeness (QED) is 0.399. The second kappa shape index (κ2) is 4.69. The van der Waals surface area contributed by atoms with Gasteiger partial charge in [0.2, 0.25) is 0 Å². The summed E-state index contributed by atoms with van der Waals surface area (Å²) in [5.74, 6) is 0. The van der Waals surface area contributed by atoms with Gasteiger partial charge in [0, 0.05) is 6.54 Å². The molecule has 2 N–H and O–H groups in total. The van der Waals surface area contributed by atoms with Crippen molar-refractivity contribution in [2.24, 2.45) is 0 Å². The first-order chi connectivity index (χ1) is 4.16. The molecule has 4 nitrogen and oxygen atoms in total. The molecule has 9 heavy (non-hydrogen) atoms. The summed E-state index contributed by atoms with van der Waals surface area (Å²) in [5.41, 5.74) is 0. The summed E-state index contributed by atoms with van der Waals surface area (Å²) in [4.78, 5) is 5.54. The topological polar surface area (TPSA) is 52.9 Å². The number of likely N-dealkylation sites (N-methyl/N-ethyl adjacent to an activating group) is 1. The molecule has 1 atom stereocenters. The molecule has 0 aromatic carbocycles. The van der Waals surface area contributed by atoms with E-state index in [9.17, 15) is 0 Å². The van der Waals surface area contributed by atoms with Crippen LogP contribution in [0.5, 0.6) is 0 Å². The second-order valence-corrected chi connectivity index (χ2v) is 2.21. The predicted molar refractivity (Wildman–Crippen MR) is 33.1 cm³/mol. The molecule has 4 heteroatoms. The van der Waals surface area contributed by atoms with Crippen molar-refractivity contribution in [1.82, 2.24) is 4.90 Å². The number of hydrogen-bond donors (Lipinski definition) is 2. The molecule has 0 bridgehead atoms. The Morgan fingerprint density at radius 1 is 1.56 bits per heavy atom. The van der Waals surface area contributed by atoms with Crippen molar-refractivity contribution in [3.05, 3.63) is 0 Å². The zero-order valence-electron chi connectivity index (χ0n) is 5.74. The molecule has 0 amide bonds. The monoisotopic (exact) mass is 135 g/mol. The lowest BCUT2D eigenvalue weighted by Gasteiger charge is -2.13. The normalized spacial score (nSPS) is 14.3. The summed E-state index contributed by atoms with van der Waals surface area (Å²) < 4.78 is 0. The van der Waals surface area contributed by atoms with Crippen LogP contribution in [0.15, 0.2) is 0 Å². The van der Waals surface area contributed by atoms with Crippen LogP contribution in [-0.4, -0.2) is 48.6 Å². The van der Waals surface area contributed by atoms with Gasteiger partial charge >= 0.3 is 0 Å². The van der Waals surface area contributed by atoms with Crippen molar-refractivity contribution < 1.29 is 15.3 Å². The molecule has 0 aliphatic heterocycles. The van der Waals surface area contributed by atoms with Crippen molar-refractivity contribution in [2.45, 2.75) is 6.10 Å². The SMILES string of the molecule is CN(C)CC(O)COO. The smallest absolute Gasteiger partial charge is 0.109 e. The Kier molecular flexibility index (Phi) is 4.61. The molecule has 56 valence electrons. The molecule has 0 aliphatic carbocycles. The summed E-state index contributed by atoms with van der Waals surface area (Å²) in [5, 5.41) is 16.8. The fraction of sp³-hybridized carbons (Fsp3) is 1.00. The van der Waals surface area contributed by atoms with E-state index in [1.165, 1.54) is 0 Å². The van der Waals surface area contributed by atoms with E-state index in [1.807, 2.05) is 19.0 Å².